The minimum absolute atomic E-state index is 0.202. The lowest BCUT2D eigenvalue weighted by Gasteiger charge is -2.08. The molecular formula is C18H14ClN3O. The Morgan fingerprint density at radius 3 is 2.57 bits per heavy atom. The van der Waals surface area contributed by atoms with Gasteiger partial charge in [0.2, 0.25) is 0 Å². The number of rotatable bonds is 3. The van der Waals surface area contributed by atoms with Crippen molar-refractivity contribution in [3.63, 3.8) is 0 Å². The summed E-state index contributed by atoms with van der Waals surface area (Å²) in [7, 11) is 0. The van der Waals surface area contributed by atoms with Crippen LogP contribution in [0.1, 0.15) is 15.9 Å². The highest BCUT2D eigenvalue weighted by atomic mass is 35.5. The Hall–Kier alpha value is -2.72. The number of nitrogens with zero attached hydrogens (tertiary/aromatic N) is 2. The van der Waals surface area contributed by atoms with Gasteiger partial charge in [-0.15, -0.1) is 0 Å². The first kappa shape index (κ1) is 15.2. The van der Waals surface area contributed by atoms with E-state index in [1.54, 1.807) is 36.7 Å². The molecule has 0 saturated heterocycles. The largest absolute Gasteiger partial charge is 0.322 e. The molecular weight excluding hydrogens is 310 g/mol. The molecule has 0 spiro atoms. The second kappa shape index (κ2) is 6.58. The van der Waals surface area contributed by atoms with E-state index < -0.39 is 0 Å². The summed E-state index contributed by atoms with van der Waals surface area (Å²) in [5, 5.41) is 3.53. The molecule has 114 valence electrons. The Labute approximate surface area is 139 Å². The van der Waals surface area contributed by atoms with Crippen molar-refractivity contribution in [2.45, 2.75) is 6.92 Å². The van der Waals surface area contributed by atoms with Crippen LogP contribution in [0.2, 0.25) is 5.02 Å². The van der Waals surface area contributed by atoms with Gasteiger partial charge in [0.25, 0.3) is 5.91 Å². The van der Waals surface area contributed by atoms with Crippen LogP contribution in [0, 0.1) is 6.92 Å². The van der Waals surface area contributed by atoms with Gasteiger partial charge >= 0.3 is 0 Å². The van der Waals surface area contributed by atoms with Gasteiger partial charge in [-0.2, -0.15) is 0 Å². The Morgan fingerprint density at radius 2 is 1.83 bits per heavy atom. The minimum atomic E-state index is -0.202. The molecule has 0 radical (unpaired) electrons. The molecule has 0 fully saturated rings. The molecule has 3 aromatic rings. The van der Waals surface area contributed by atoms with Crippen LogP contribution in [0.3, 0.4) is 0 Å². The highest BCUT2D eigenvalue weighted by Crippen LogP contribution is 2.20. The van der Waals surface area contributed by atoms with Crippen LogP contribution in [0.5, 0.6) is 0 Å². The van der Waals surface area contributed by atoms with Gasteiger partial charge in [-0.05, 0) is 55.0 Å². The van der Waals surface area contributed by atoms with Crippen molar-refractivity contribution in [2.75, 3.05) is 5.32 Å². The van der Waals surface area contributed by atoms with Crippen LogP contribution in [0.25, 0.3) is 11.4 Å². The molecule has 0 bridgehead atoms. The first-order valence-corrected chi connectivity index (χ1v) is 7.46. The van der Waals surface area contributed by atoms with Gasteiger partial charge in [-0.1, -0.05) is 17.7 Å². The van der Waals surface area contributed by atoms with E-state index in [2.05, 4.69) is 15.3 Å². The van der Waals surface area contributed by atoms with Gasteiger partial charge in [-0.3, -0.25) is 14.8 Å². The highest BCUT2D eigenvalue weighted by molar-refractivity contribution is 6.31. The summed E-state index contributed by atoms with van der Waals surface area (Å²) < 4.78 is 0. The van der Waals surface area contributed by atoms with E-state index >= 15 is 0 Å². The number of benzene rings is 1. The van der Waals surface area contributed by atoms with Crippen molar-refractivity contribution in [2.24, 2.45) is 0 Å². The molecule has 1 N–H and O–H groups in total. The maximum absolute atomic E-state index is 12.4. The van der Waals surface area contributed by atoms with Crippen LogP contribution in [-0.4, -0.2) is 15.9 Å². The number of carbonyl (C=O) groups is 1. The summed E-state index contributed by atoms with van der Waals surface area (Å²) in [6, 6.07) is 14.3. The summed E-state index contributed by atoms with van der Waals surface area (Å²) in [6.07, 6.45) is 3.30. The van der Waals surface area contributed by atoms with E-state index in [0.29, 0.717) is 22.0 Å². The lowest BCUT2D eigenvalue weighted by atomic mass is 10.1. The Bertz CT molecular complexity index is 850. The smallest absolute Gasteiger partial charge is 0.255 e. The van der Waals surface area contributed by atoms with E-state index in [0.717, 1.165) is 11.3 Å². The fourth-order valence-electron chi connectivity index (χ4n) is 2.15. The average molecular weight is 324 g/mol. The molecule has 0 unspecified atom stereocenters. The summed E-state index contributed by atoms with van der Waals surface area (Å²) in [5.41, 5.74) is 3.52. The first-order chi connectivity index (χ1) is 11.1. The van der Waals surface area contributed by atoms with E-state index in [4.69, 9.17) is 11.6 Å². The lowest BCUT2D eigenvalue weighted by molar-refractivity contribution is 0.102. The molecule has 0 aliphatic rings. The van der Waals surface area contributed by atoms with Crippen molar-refractivity contribution < 1.29 is 4.79 Å². The standard InChI is InChI=1S/C18H14ClN3O/c1-12-10-14(5-6-15(12)19)22-18(23)13-7-9-21-17(11-13)16-4-2-3-8-20-16/h2-11H,1H3,(H,22,23). The second-order valence-corrected chi connectivity index (χ2v) is 5.47. The molecule has 1 amide bonds. The molecule has 4 nitrogen and oxygen atoms in total. The van der Waals surface area contributed by atoms with Gasteiger partial charge in [-0.25, -0.2) is 0 Å². The van der Waals surface area contributed by atoms with E-state index in [1.807, 2.05) is 31.2 Å². The summed E-state index contributed by atoms with van der Waals surface area (Å²) in [6.45, 7) is 1.89. The van der Waals surface area contributed by atoms with E-state index in [1.165, 1.54) is 0 Å². The molecule has 0 atom stereocenters. The van der Waals surface area contributed by atoms with Gasteiger partial charge < -0.3 is 5.32 Å². The number of aryl methyl sites for hydroxylation is 1. The maximum atomic E-state index is 12.4. The highest BCUT2D eigenvalue weighted by Gasteiger charge is 2.09. The summed E-state index contributed by atoms with van der Waals surface area (Å²) >= 11 is 5.99. The number of nitrogens with one attached hydrogen (secondary N) is 1. The third-order valence-corrected chi connectivity index (χ3v) is 3.79. The van der Waals surface area contributed by atoms with Crippen molar-refractivity contribution in [3.05, 3.63) is 77.1 Å². The maximum Gasteiger partial charge on any atom is 0.255 e. The zero-order chi connectivity index (χ0) is 16.2. The fraction of sp³-hybridized carbons (Fsp3) is 0.0556. The number of pyridine rings is 2. The van der Waals surface area contributed by atoms with Crippen LogP contribution in [-0.2, 0) is 0 Å². The van der Waals surface area contributed by atoms with Gasteiger partial charge in [0, 0.05) is 28.7 Å². The number of halogens is 1. The second-order valence-electron chi connectivity index (χ2n) is 5.06. The third kappa shape index (κ3) is 3.55. The molecule has 2 aromatic heterocycles. The van der Waals surface area contributed by atoms with Crippen LogP contribution in [0.4, 0.5) is 5.69 Å². The van der Waals surface area contributed by atoms with Crippen molar-refractivity contribution in [3.8, 4) is 11.4 Å². The molecule has 3 rings (SSSR count). The monoisotopic (exact) mass is 323 g/mol. The molecule has 2 heterocycles. The van der Waals surface area contributed by atoms with Gasteiger partial charge in [0.15, 0.2) is 0 Å². The van der Waals surface area contributed by atoms with E-state index in [-0.39, 0.29) is 5.91 Å². The Balaban J connectivity index is 1.84. The molecule has 0 saturated carbocycles. The van der Waals surface area contributed by atoms with Crippen molar-refractivity contribution >= 4 is 23.2 Å². The number of amides is 1. The number of hydrogen-bond donors (Lipinski definition) is 1. The third-order valence-electron chi connectivity index (χ3n) is 3.37. The molecule has 1 aromatic carbocycles. The molecule has 0 aliphatic heterocycles. The molecule has 23 heavy (non-hydrogen) atoms. The SMILES string of the molecule is Cc1cc(NC(=O)c2ccnc(-c3ccccn3)c2)ccc1Cl. The zero-order valence-corrected chi connectivity index (χ0v) is 13.2. The number of carbonyl (C=O) groups excluding carboxylic acids is 1. The topological polar surface area (TPSA) is 54.9 Å². The Kier molecular flexibility index (Phi) is 4.35. The van der Waals surface area contributed by atoms with Gasteiger partial charge in [0.1, 0.15) is 0 Å². The fourth-order valence-corrected chi connectivity index (χ4v) is 2.27. The zero-order valence-electron chi connectivity index (χ0n) is 12.5. The van der Waals surface area contributed by atoms with Crippen molar-refractivity contribution in [1.29, 1.82) is 0 Å². The number of aromatic nitrogens is 2. The molecule has 0 aliphatic carbocycles. The normalized spacial score (nSPS) is 10.3. The minimum Gasteiger partial charge on any atom is -0.322 e. The van der Waals surface area contributed by atoms with Crippen LogP contribution in [0.15, 0.2) is 60.9 Å². The van der Waals surface area contributed by atoms with Gasteiger partial charge in [0.05, 0.1) is 11.4 Å². The number of hydrogen-bond acceptors (Lipinski definition) is 3. The molecule has 5 heteroatoms. The van der Waals surface area contributed by atoms with E-state index in [9.17, 15) is 4.79 Å². The Morgan fingerprint density at radius 1 is 1.00 bits per heavy atom. The lowest BCUT2D eigenvalue weighted by Crippen LogP contribution is -2.12. The van der Waals surface area contributed by atoms with Crippen LogP contribution < -0.4 is 5.32 Å². The summed E-state index contributed by atoms with van der Waals surface area (Å²) in [4.78, 5) is 20.9. The quantitative estimate of drug-likeness (QED) is 0.779. The van der Waals surface area contributed by atoms with Crippen molar-refractivity contribution in [1.82, 2.24) is 9.97 Å². The summed E-state index contributed by atoms with van der Waals surface area (Å²) in [5.74, 6) is -0.202. The first-order valence-electron chi connectivity index (χ1n) is 7.08. The van der Waals surface area contributed by atoms with Crippen LogP contribution >= 0.6 is 11.6 Å². The number of anilines is 1. The average Bonchev–Trinajstić information content (AvgIpc) is 2.59. The predicted molar refractivity (Wildman–Crippen MR) is 91.6 cm³/mol. The predicted octanol–water partition coefficient (Wildman–Crippen LogP) is 4.36.